The van der Waals surface area contributed by atoms with E-state index in [1.165, 1.54) is 12.1 Å². The molecule has 13 heteroatoms. The second kappa shape index (κ2) is 14.0. The van der Waals surface area contributed by atoms with E-state index >= 15 is 0 Å². The summed E-state index contributed by atoms with van der Waals surface area (Å²) in [6.45, 7) is 1.04. The molecule has 1 amide bonds. The number of nitrogens with zero attached hydrogens (tertiary/aromatic N) is 1. The van der Waals surface area contributed by atoms with Crippen molar-refractivity contribution in [2.24, 2.45) is 5.92 Å². The molecular formula is C31H40N2O10S. The van der Waals surface area contributed by atoms with Crippen LogP contribution < -0.4 is 14.8 Å². The second-order valence-corrected chi connectivity index (χ2v) is 13.5. The monoisotopic (exact) mass is 632 g/mol. The van der Waals surface area contributed by atoms with E-state index in [2.05, 4.69) is 5.32 Å². The van der Waals surface area contributed by atoms with Crippen LogP contribution in [0.2, 0.25) is 0 Å². The first kappa shape index (κ1) is 31.1. The van der Waals surface area contributed by atoms with Crippen LogP contribution in [0.25, 0.3) is 0 Å². The highest BCUT2D eigenvalue weighted by Crippen LogP contribution is 2.35. The molecule has 240 valence electrons. The predicted octanol–water partition coefficient (Wildman–Crippen LogP) is 3.17. The molecule has 0 bridgehead atoms. The lowest BCUT2D eigenvalue weighted by molar-refractivity contribution is -0.156. The van der Waals surface area contributed by atoms with Crippen LogP contribution in [0.1, 0.15) is 44.1 Å². The van der Waals surface area contributed by atoms with E-state index in [4.69, 9.17) is 28.5 Å². The van der Waals surface area contributed by atoms with Gasteiger partial charge in [0.05, 0.1) is 48.8 Å². The van der Waals surface area contributed by atoms with Crippen molar-refractivity contribution < 1.29 is 46.8 Å². The molecule has 3 aliphatic heterocycles. The third-order valence-electron chi connectivity index (χ3n) is 8.54. The molecule has 0 unspecified atom stereocenters. The van der Waals surface area contributed by atoms with Crippen LogP contribution in [0.15, 0.2) is 53.4 Å². The van der Waals surface area contributed by atoms with Gasteiger partial charge < -0.3 is 34.1 Å². The predicted molar refractivity (Wildman–Crippen MR) is 156 cm³/mol. The molecule has 2 aromatic carbocycles. The van der Waals surface area contributed by atoms with E-state index in [9.17, 15) is 18.3 Å². The van der Waals surface area contributed by atoms with Gasteiger partial charge in [-0.05, 0) is 43.4 Å². The Morgan fingerprint density at radius 2 is 1.75 bits per heavy atom. The smallest absolute Gasteiger partial charge is 0.407 e. The van der Waals surface area contributed by atoms with Crippen LogP contribution >= 0.6 is 0 Å². The zero-order valence-corrected chi connectivity index (χ0v) is 25.4. The van der Waals surface area contributed by atoms with Gasteiger partial charge in [-0.15, -0.1) is 0 Å². The maximum atomic E-state index is 14.0. The standard InChI is InChI=1S/C31H40N2O10S/c34-26(25(17-21-7-3-1-4-8-21)32-31(35)42-29-20-41-30-24(29)13-14-40-30)19-33(43-22-9-5-2-6-10-22)44(36,37)23-11-12-27-28(18-23)39-16-15-38-27/h1,3-4,7-8,11-12,18,22,24-26,29-30,34H,2,5-6,9-10,13-17,19-20H2,(H,32,35)/t24-,25-,26+,29-,30+/m0/s1. The number of aliphatic hydroxyl groups is 1. The summed E-state index contributed by atoms with van der Waals surface area (Å²) in [5, 5.41) is 14.4. The number of hydrogen-bond donors (Lipinski definition) is 2. The fourth-order valence-electron chi connectivity index (χ4n) is 6.14. The van der Waals surface area contributed by atoms with Gasteiger partial charge in [-0.25, -0.2) is 13.2 Å². The average Bonchev–Trinajstić information content (AvgIpc) is 3.66. The van der Waals surface area contributed by atoms with Crippen LogP contribution in [0.4, 0.5) is 4.79 Å². The zero-order valence-electron chi connectivity index (χ0n) is 24.5. The Hall–Kier alpha value is -2.94. The Labute approximate surface area is 257 Å². The second-order valence-electron chi connectivity index (χ2n) is 11.6. The topological polar surface area (TPSA) is 142 Å². The Morgan fingerprint density at radius 1 is 0.977 bits per heavy atom. The molecule has 3 fully saturated rings. The van der Waals surface area contributed by atoms with Gasteiger partial charge in [-0.1, -0.05) is 54.1 Å². The summed E-state index contributed by atoms with van der Waals surface area (Å²) in [5.41, 5.74) is 0.847. The molecule has 3 heterocycles. The lowest BCUT2D eigenvalue weighted by Gasteiger charge is -2.32. The van der Waals surface area contributed by atoms with Crippen molar-refractivity contribution in [2.45, 2.75) is 80.5 Å². The third-order valence-corrected chi connectivity index (χ3v) is 10.2. The number of hydrogen-bond acceptors (Lipinski definition) is 10. The summed E-state index contributed by atoms with van der Waals surface area (Å²) in [4.78, 5) is 19.2. The summed E-state index contributed by atoms with van der Waals surface area (Å²) in [6.07, 6.45) is 2.03. The highest BCUT2D eigenvalue weighted by molar-refractivity contribution is 7.89. The van der Waals surface area contributed by atoms with Crippen molar-refractivity contribution in [3.63, 3.8) is 0 Å². The number of alkyl carbamates (subject to hydrolysis) is 1. The van der Waals surface area contributed by atoms with Gasteiger partial charge in [0.2, 0.25) is 0 Å². The van der Waals surface area contributed by atoms with Crippen LogP contribution in [0, 0.1) is 5.92 Å². The zero-order chi connectivity index (χ0) is 30.5. The Kier molecular flexibility index (Phi) is 9.89. The highest BCUT2D eigenvalue weighted by atomic mass is 32.2. The molecule has 4 aliphatic rings. The minimum atomic E-state index is -4.25. The Morgan fingerprint density at radius 3 is 2.55 bits per heavy atom. The summed E-state index contributed by atoms with van der Waals surface area (Å²) < 4.78 is 56.9. The number of rotatable bonds is 11. The molecule has 2 N–H and O–H groups in total. The lowest BCUT2D eigenvalue weighted by Crippen LogP contribution is -2.51. The minimum absolute atomic E-state index is 0.0474. The van der Waals surface area contributed by atoms with E-state index in [1.54, 1.807) is 6.07 Å². The molecule has 5 atom stereocenters. The maximum Gasteiger partial charge on any atom is 0.407 e. The quantitative estimate of drug-likeness (QED) is 0.355. The summed E-state index contributed by atoms with van der Waals surface area (Å²) in [5.74, 6) is 0.741. The molecular weight excluding hydrogens is 592 g/mol. The van der Waals surface area contributed by atoms with Gasteiger partial charge in [0.25, 0.3) is 10.0 Å². The fraction of sp³-hybridized carbons (Fsp3) is 0.581. The molecule has 0 spiro atoms. The largest absolute Gasteiger partial charge is 0.486 e. The third kappa shape index (κ3) is 7.30. The Balaban J connectivity index is 1.22. The van der Waals surface area contributed by atoms with Crippen molar-refractivity contribution in [1.29, 1.82) is 0 Å². The normalized spacial score (nSPS) is 24.9. The summed E-state index contributed by atoms with van der Waals surface area (Å²) in [7, 11) is -4.25. The first-order chi connectivity index (χ1) is 21.4. The first-order valence-corrected chi connectivity index (χ1v) is 16.8. The molecule has 0 aromatic heterocycles. The number of sulfonamides is 1. The van der Waals surface area contributed by atoms with Crippen molar-refractivity contribution in [3.05, 3.63) is 54.1 Å². The summed E-state index contributed by atoms with van der Waals surface area (Å²) in [6, 6.07) is 12.9. The van der Waals surface area contributed by atoms with Gasteiger partial charge in [0, 0.05) is 6.07 Å². The number of ether oxygens (including phenoxy) is 5. The van der Waals surface area contributed by atoms with Crippen LogP contribution in [-0.2, 0) is 35.5 Å². The number of nitrogens with one attached hydrogen (secondary N) is 1. The molecule has 2 saturated heterocycles. The number of carbonyl (C=O) groups is 1. The van der Waals surface area contributed by atoms with Crippen LogP contribution in [-0.4, -0.2) is 87.7 Å². The Bertz CT molecular complexity index is 1370. The van der Waals surface area contributed by atoms with E-state index < -0.39 is 40.9 Å². The van der Waals surface area contributed by atoms with Crippen LogP contribution in [0.5, 0.6) is 11.5 Å². The van der Waals surface area contributed by atoms with Gasteiger partial charge in [0.1, 0.15) is 19.3 Å². The molecule has 6 rings (SSSR count). The van der Waals surface area contributed by atoms with E-state index in [-0.39, 0.29) is 36.2 Å². The van der Waals surface area contributed by atoms with E-state index in [0.29, 0.717) is 44.2 Å². The number of aliphatic hydroxyl groups excluding tert-OH is 1. The molecule has 0 radical (unpaired) electrons. The first-order valence-electron chi connectivity index (χ1n) is 15.4. The molecule has 44 heavy (non-hydrogen) atoms. The minimum Gasteiger partial charge on any atom is -0.486 e. The van der Waals surface area contributed by atoms with Gasteiger partial charge in [-0.3, -0.25) is 4.84 Å². The van der Waals surface area contributed by atoms with Crippen LogP contribution in [0.3, 0.4) is 0 Å². The van der Waals surface area contributed by atoms with Crippen molar-refractivity contribution >= 4 is 16.1 Å². The molecule has 1 aliphatic carbocycles. The lowest BCUT2D eigenvalue weighted by atomic mass is 9.98. The van der Waals surface area contributed by atoms with Gasteiger partial charge in [-0.2, -0.15) is 0 Å². The maximum absolute atomic E-state index is 14.0. The molecule has 1 saturated carbocycles. The highest BCUT2D eigenvalue weighted by Gasteiger charge is 2.44. The number of benzene rings is 2. The van der Waals surface area contributed by atoms with Gasteiger partial charge in [0.15, 0.2) is 17.8 Å². The number of fused-ring (bicyclic) bond motifs is 2. The van der Waals surface area contributed by atoms with Crippen molar-refractivity contribution in [2.75, 3.05) is 33.0 Å². The SMILES string of the molecule is O=C(N[C@@H](Cc1ccccc1)[C@H](O)CN(OC1CCCCC1)S(=O)(=O)c1ccc2c(c1)OCCO2)O[C@H]1CO[C@H]2OCC[C@H]21. The van der Waals surface area contributed by atoms with Gasteiger partial charge >= 0.3 is 6.09 Å². The summed E-state index contributed by atoms with van der Waals surface area (Å²) >= 11 is 0. The van der Waals surface area contributed by atoms with E-state index in [0.717, 1.165) is 35.7 Å². The fourth-order valence-corrected chi connectivity index (χ4v) is 7.45. The van der Waals surface area contributed by atoms with Crippen molar-refractivity contribution in [3.8, 4) is 11.5 Å². The number of carbonyl (C=O) groups excluding carboxylic acids is 1. The molecule has 2 aromatic rings. The number of hydroxylamine groups is 1. The van der Waals surface area contributed by atoms with E-state index in [1.807, 2.05) is 30.3 Å². The van der Waals surface area contributed by atoms with Crippen molar-refractivity contribution in [1.82, 2.24) is 9.79 Å². The number of amides is 1. The average molecular weight is 633 g/mol. The molecule has 12 nitrogen and oxygen atoms in total.